The monoisotopic (exact) mass is 216 g/mol. The van der Waals surface area contributed by atoms with E-state index in [1.165, 1.54) is 0 Å². The highest BCUT2D eigenvalue weighted by Gasteiger charge is 2.53. The lowest BCUT2D eigenvalue weighted by Crippen LogP contribution is -2.35. The summed E-state index contributed by atoms with van der Waals surface area (Å²) in [6.07, 6.45) is 1.82. The van der Waals surface area contributed by atoms with Crippen LogP contribution in [0.5, 0.6) is 0 Å². The van der Waals surface area contributed by atoms with Gasteiger partial charge in [0.2, 0.25) is 0 Å². The highest BCUT2D eigenvalue weighted by Crippen LogP contribution is 2.44. The Balaban J connectivity index is 2.32. The number of allylic oxidation sites excluding steroid dienone is 1. The van der Waals surface area contributed by atoms with E-state index in [1.54, 1.807) is 6.08 Å². The Morgan fingerprint density at radius 3 is 2.57 bits per heavy atom. The molecule has 0 saturated carbocycles. The van der Waals surface area contributed by atoms with Crippen molar-refractivity contribution in [2.75, 3.05) is 0 Å². The second-order valence-electron chi connectivity index (χ2n) is 4.31. The van der Waals surface area contributed by atoms with Crippen molar-refractivity contribution < 1.29 is 14.3 Å². The Bertz CT molecular complexity index is 321. The van der Waals surface area contributed by atoms with E-state index in [0.29, 0.717) is 0 Å². The number of ketones is 1. The highest BCUT2D eigenvalue weighted by molar-refractivity contribution is 6.43. The third-order valence-electron chi connectivity index (χ3n) is 2.66. The van der Waals surface area contributed by atoms with Crippen LogP contribution in [0.2, 0.25) is 0 Å². The maximum atomic E-state index is 11.4. The van der Waals surface area contributed by atoms with Gasteiger partial charge in [-0.2, -0.15) is 0 Å². The Morgan fingerprint density at radius 1 is 1.57 bits per heavy atom. The van der Waals surface area contributed by atoms with Crippen molar-refractivity contribution in [3.05, 3.63) is 11.1 Å². The van der Waals surface area contributed by atoms with E-state index < -0.39 is 11.4 Å². The summed E-state index contributed by atoms with van der Waals surface area (Å²) >= 11 is 5.77. The molecule has 14 heavy (non-hydrogen) atoms. The summed E-state index contributed by atoms with van der Waals surface area (Å²) in [4.78, 5) is 11.4. The van der Waals surface area contributed by atoms with Crippen LogP contribution in [0, 0.1) is 0 Å². The van der Waals surface area contributed by atoms with E-state index in [0.717, 1.165) is 0 Å². The van der Waals surface area contributed by atoms with Crippen LogP contribution in [0.1, 0.15) is 27.2 Å². The molecule has 1 aliphatic carbocycles. The molecule has 0 aromatic rings. The lowest BCUT2D eigenvalue weighted by Gasteiger charge is -2.23. The molecule has 0 N–H and O–H groups in total. The number of ether oxygens (including phenoxy) is 2. The summed E-state index contributed by atoms with van der Waals surface area (Å²) < 4.78 is 11.4. The number of carbonyl (C=O) groups is 1. The summed E-state index contributed by atoms with van der Waals surface area (Å²) in [6, 6.07) is 0. The smallest absolute Gasteiger partial charge is 0.177 e. The van der Waals surface area contributed by atoms with E-state index in [-0.39, 0.29) is 23.3 Å². The molecule has 0 amide bonds. The minimum absolute atomic E-state index is 0.0696. The molecular formula is C10H13ClO3. The van der Waals surface area contributed by atoms with Gasteiger partial charge in [-0.05, 0) is 26.8 Å². The van der Waals surface area contributed by atoms with E-state index in [2.05, 4.69) is 0 Å². The van der Waals surface area contributed by atoms with Gasteiger partial charge in [0.05, 0.1) is 11.1 Å². The molecule has 4 heteroatoms. The molecule has 78 valence electrons. The van der Waals surface area contributed by atoms with Gasteiger partial charge in [-0.25, -0.2) is 0 Å². The van der Waals surface area contributed by atoms with Crippen LogP contribution in [-0.4, -0.2) is 23.3 Å². The van der Waals surface area contributed by atoms with Crippen LogP contribution in [0.4, 0.5) is 0 Å². The van der Waals surface area contributed by atoms with Gasteiger partial charge in [0.1, 0.15) is 5.60 Å². The fourth-order valence-electron chi connectivity index (χ4n) is 2.10. The largest absolute Gasteiger partial charge is 0.344 e. The Hall–Kier alpha value is -0.380. The first-order chi connectivity index (χ1) is 6.35. The molecule has 1 saturated heterocycles. The van der Waals surface area contributed by atoms with Crippen LogP contribution >= 0.6 is 11.6 Å². The molecule has 1 fully saturated rings. The predicted molar refractivity (Wildman–Crippen MR) is 52.0 cm³/mol. The lowest BCUT2D eigenvalue weighted by molar-refractivity contribution is -0.155. The van der Waals surface area contributed by atoms with Crippen molar-refractivity contribution in [3.63, 3.8) is 0 Å². The third-order valence-corrected chi connectivity index (χ3v) is 2.98. The zero-order valence-electron chi connectivity index (χ0n) is 8.46. The van der Waals surface area contributed by atoms with Crippen molar-refractivity contribution >= 4 is 17.4 Å². The maximum Gasteiger partial charge on any atom is 0.177 e. The molecule has 1 spiro atoms. The highest BCUT2D eigenvalue weighted by atomic mass is 35.5. The Morgan fingerprint density at radius 2 is 2.21 bits per heavy atom. The summed E-state index contributed by atoms with van der Waals surface area (Å²) in [5.74, 6) is -0.711. The van der Waals surface area contributed by atoms with Crippen molar-refractivity contribution in [3.8, 4) is 0 Å². The van der Waals surface area contributed by atoms with Gasteiger partial charge in [-0.15, -0.1) is 0 Å². The van der Waals surface area contributed by atoms with Crippen molar-refractivity contribution in [1.82, 2.24) is 0 Å². The number of carbonyl (C=O) groups excluding carboxylic acids is 1. The number of halogens is 1. The molecule has 0 unspecified atom stereocenters. The van der Waals surface area contributed by atoms with E-state index in [1.807, 2.05) is 20.8 Å². The standard InChI is InChI=1S/C10H13ClO3/c1-6-10(14-9(2,3)13-6)4-7(11)8(12)5-10/h4,6H,5H2,1-3H3/t6-,10-/m0/s1. The molecule has 2 rings (SSSR count). The SMILES string of the molecule is C[C@@H]1OC(C)(C)O[C@]12C=C(Cl)C(=O)C2. The molecule has 1 heterocycles. The zero-order valence-corrected chi connectivity index (χ0v) is 9.22. The summed E-state index contributed by atoms with van der Waals surface area (Å²) in [5, 5.41) is 0.262. The quantitative estimate of drug-likeness (QED) is 0.621. The van der Waals surface area contributed by atoms with Gasteiger partial charge < -0.3 is 9.47 Å². The average molecular weight is 217 g/mol. The van der Waals surface area contributed by atoms with E-state index in [9.17, 15) is 4.79 Å². The second-order valence-corrected chi connectivity index (χ2v) is 4.72. The van der Waals surface area contributed by atoms with Crippen molar-refractivity contribution in [1.29, 1.82) is 0 Å². The molecule has 2 atom stereocenters. The molecule has 3 nitrogen and oxygen atoms in total. The van der Waals surface area contributed by atoms with Crippen LogP contribution in [0.25, 0.3) is 0 Å². The number of rotatable bonds is 0. The van der Waals surface area contributed by atoms with Crippen molar-refractivity contribution in [2.45, 2.75) is 44.7 Å². The van der Waals surface area contributed by atoms with E-state index >= 15 is 0 Å². The zero-order chi connectivity index (χ0) is 10.6. The predicted octanol–water partition coefficient (Wildman–Crippen LogP) is 1.99. The van der Waals surface area contributed by atoms with Gasteiger partial charge in [0.25, 0.3) is 0 Å². The molecule has 2 aliphatic rings. The van der Waals surface area contributed by atoms with Crippen LogP contribution in [-0.2, 0) is 14.3 Å². The molecule has 0 bridgehead atoms. The Labute approximate surface area is 88.0 Å². The fourth-order valence-corrected chi connectivity index (χ4v) is 2.35. The van der Waals surface area contributed by atoms with Crippen LogP contribution in [0.15, 0.2) is 11.1 Å². The number of Topliss-reactive ketones (excluding diaryl/α,β-unsaturated/α-hetero) is 1. The molecule has 0 radical (unpaired) electrons. The van der Waals surface area contributed by atoms with Crippen molar-refractivity contribution in [2.24, 2.45) is 0 Å². The minimum atomic E-state index is -0.641. The van der Waals surface area contributed by atoms with Crippen LogP contribution < -0.4 is 0 Å². The van der Waals surface area contributed by atoms with Gasteiger partial charge in [-0.3, -0.25) is 4.79 Å². The lowest BCUT2D eigenvalue weighted by atomic mass is 9.97. The fraction of sp³-hybridized carbons (Fsp3) is 0.700. The van der Waals surface area contributed by atoms with Gasteiger partial charge in [-0.1, -0.05) is 11.6 Å². The third kappa shape index (κ3) is 1.40. The van der Waals surface area contributed by atoms with Crippen LogP contribution in [0.3, 0.4) is 0 Å². The number of hydrogen-bond donors (Lipinski definition) is 0. The second kappa shape index (κ2) is 2.81. The van der Waals surface area contributed by atoms with Gasteiger partial charge in [0.15, 0.2) is 11.6 Å². The first-order valence-electron chi connectivity index (χ1n) is 4.64. The number of hydrogen-bond acceptors (Lipinski definition) is 3. The van der Waals surface area contributed by atoms with Gasteiger partial charge in [0, 0.05) is 6.42 Å². The molecule has 1 aliphatic heterocycles. The van der Waals surface area contributed by atoms with Gasteiger partial charge >= 0.3 is 0 Å². The minimum Gasteiger partial charge on any atom is -0.344 e. The molecular weight excluding hydrogens is 204 g/mol. The maximum absolute atomic E-state index is 11.4. The first kappa shape index (κ1) is 10.1. The van der Waals surface area contributed by atoms with E-state index in [4.69, 9.17) is 21.1 Å². The average Bonchev–Trinajstić information content (AvgIpc) is 2.35. The first-order valence-corrected chi connectivity index (χ1v) is 5.02. The Kier molecular flexibility index (Phi) is 2.04. The topological polar surface area (TPSA) is 35.5 Å². The normalized spacial score (nSPS) is 40.7. The summed E-state index contributed by atoms with van der Waals surface area (Å²) in [7, 11) is 0. The summed E-state index contributed by atoms with van der Waals surface area (Å²) in [5.41, 5.74) is -0.641. The summed E-state index contributed by atoms with van der Waals surface area (Å²) in [6.45, 7) is 5.57. The molecule has 0 aromatic carbocycles. The molecule has 0 aromatic heterocycles.